The lowest BCUT2D eigenvalue weighted by atomic mass is 9.98. The molecule has 4 heteroatoms. The molecule has 0 aliphatic heterocycles. The van der Waals surface area contributed by atoms with Gasteiger partial charge in [0.25, 0.3) is 0 Å². The molecule has 0 N–H and O–H groups in total. The van der Waals surface area contributed by atoms with Gasteiger partial charge in [-0.05, 0) is 30.2 Å². The highest BCUT2D eigenvalue weighted by atomic mass is 32.2. The summed E-state index contributed by atoms with van der Waals surface area (Å²) in [6.07, 6.45) is 12.0. The molecular formula is C20H23FO2S. The summed E-state index contributed by atoms with van der Waals surface area (Å²) in [5, 5.41) is 0. The summed E-state index contributed by atoms with van der Waals surface area (Å²) in [5.74, 6) is -0.481. The Hall–Kier alpha value is -2.20. The first kappa shape index (κ1) is 19.8. The zero-order valence-corrected chi connectivity index (χ0v) is 15.3. The summed E-state index contributed by atoms with van der Waals surface area (Å²) in [5.41, 5.74) is 3.22. The van der Waals surface area contributed by atoms with Gasteiger partial charge >= 0.3 is 0 Å². The summed E-state index contributed by atoms with van der Waals surface area (Å²) >= 11 is 0. The minimum Gasteiger partial charge on any atom is -0.471 e. The number of rotatable bonds is 5. The van der Waals surface area contributed by atoms with E-state index >= 15 is 0 Å². The van der Waals surface area contributed by atoms with Gasteiger partial charge in [-0.2, -0.15) is 0 Å². The van der Waals surface area contributed by atoms with Crippen LogP contribution in [-0.2, 0) is 10.8 Å². The van der Waals surface area contributed by atoms with Crippen molar-refractivity contribution < 1.29 is 13.0 Å². The molecule has 2 nitrogen and oxygen atoms in total. The van der Waals surface area contributed by atoms with Crippen LogP contribution in [0.15, 0.2) is 70.9 Å². The minimum atomic E-state index is -1.35. The predicted octanol–water partition coefficient (Wildman–Crippen LogP) is 5.99. The van der Waals surface area contributed by atoms with Gasteiger partial charge in [0, 0.05) is 17.4 Å². The van der Waals surface area contributed by atoms with Crippen molar-refractivity contribution in [3.05, 3.63) is 73.0 Å². The first-order chi connectivity index (χ1) is 11.6. The molecule has 0 saturated heterocycles. The maximum Gasteiger partial charge on any atom is 0.139 e. The van der Waals surface area contributed by atoms with Crippen molar-refractivity contribution in [1.82, 2.24) is 0 Å². The number of hydrogen-bond acceptors (Lipinski definition) is 2. The largest absolute Gasteiger partial charge is 0.471 e. The van der Waals surface area contributed by atoms with E-state index in [1.165, 1.54) is 12.3 Å². The monoisotopic (exact) mass is 346 g/mol. The molecule has 24 heavy (non-hydrogen) atoms. The lowest BCUT2D eigenvalue weighted by Gasteiger charge is -2.06. The third-order valence-corrected chi connectivity index (χ3v) is 4.12. The molecule has 0 saturated carbocycles. The normalized spacial score (nSPS) is 12.6. The molecular weight excluding hydrogens is 323 g/mol. The Morgan fingerprint density at radius 2 is 2.00 bits per heavy atom. The second kappa shape index (κ2) is 9.83. The molecule has 0 aliphatic rings. The van der Waals surface area contributed by atoms with Gasteiger partial charge in [0.2, 0.25) is 0 Å². The van der Waals surface area contributed by atoms with E-state index in [0.29, 0.717) is 5.56 Å². The lowest BCUT2D eigenvalue weighted by Crippen LogP contribution is -1.93. The number of furan rings is 1. The molecule has 0 radical (unpaired) electrons. The fourth-order valence-corrected chi connectivity index (χ4v) is 2.78. The Bertz CT molecular complexity index is 770. The van der Waals surface area contributed by atoms with Crippen LogP contribution in [0.1, 0.15) is 26.3 Å². The first-order valence-corrected chi connectivity index (χ1v) is 9.29. The zero-order valence-electron chi connectivity index (χ0n) is 14.5. The number of halogens is 1. The summed E-state index contributed by atoms with van der Waals surface area (Å²) in [6, 6.07) is 4.67. The highest BCUT2D eigenvalue weighted by Gasteiger charge is 2.13. The van der Waals surface area contributed by atoms with Crippen molar-refractivity contribution in [3.63, 3.8) is 0 Å². The fraction of sp³-hybridized carbons (Fsp3) is 0.200. The third-order valence-electron chi connectivity index (χ3n) is 3.17. The van der Waals surface area contributed by atoms with Crippen molar-refractivity contribution in [2.45, 2.75) is 25.7 Å². The van der Waals surface area contributed by atoms with Crippen LogP contribution in [0.2, 0.25) is 0 Å². The second-order valence-electron chi connectivity index (χ2n) is 4.66. The highest BCUT2D eigenvalue weighted by molar-refractivity contribution is 7.84. The van der Waals surface area contributed by atoms with Crippen LogP contribution in [-0.4, -0.2) is 10.5 Å². The quantitative estimate of drug-likeness (QED) is 0.622. The summed E-state index contributed by atoms with van der Waals surface area (Å²) in [7, 11) is -1.35. The van der Waals surface area contributed by atoms with Crippen molar-refractivity contribution >= 4 is 16.4 Å². The maximum absolute atomic E-state index is 14.1. The zero-order chi connectivity index (χ0) is 18.1. The van der Waals surface area contributed by atoms with E-state index in [1.54, 1.807) is 30.7 Å². The SMILES string of the molecule is C=C/C=C(\C=C/C)c1cocc1-c1ccc(S(C)=O)c(F)c1.CC. The Labute approximate surface area is 145 Å². The molecule has 1 atom stereocenters. The van der Waals surface area contributed by atoms with Crippen molar-refractivity contribution in [2.75, 3.05) is 6.26 Å². The minimum absolute atomic E-state index is 0.198. The van der Waals surface area contributed by atoms with Crippen LogP contribution in [0, 0.1) is 5.82 Å². The average Bonchev–Trinajstić information content (AvgIpc) is 3.05. The first-order valence-electron chi connectivity index (χ1n) is 7.73. The average molecular weight is 346 g/mol. The van der Waals surface area contributed by atoms with Gasteiger partial charge in [-0.1, -0.05) is 50.8 Å². The Morgan fingerprint density at radius 1 is 1.29 bits per heavy atom. The Kier molecular flexibility index (Phi) is 8.13. The van der Waals surface area contributed by atoms with Crippen molar-refractivity contribution in [3.8, 4) is 11.1 Å². The summed E-state index contributed by atoms with van der Waals surface area (Å²) in [4.78, 5) is 0.198. The van der Waals surface area contributed by atoms with Crippen LogP contribution in [0.3, 0.4) is 0 Å². The Balaban J connectivity index is 0.00000139. The standard InChI is InChI=1S/C18H17FO2S.C2H6/c1-4-6-13(7-5-2)15-11-21-12-16(15)14-8-9-18(22(3)20)17(19)10-14;1-2/h4-12H,1H2,2-3H3;1-2H3/b7-5-,13-6+;. The van der Waals surface area contributed by atoms with Gasteiger partial charge < -0.3 is 4.42 Å². The van der Waals surface area contributed by atoms with Crippen molar-refractivity contribution in [2.24, 2.45) is 0 Å². The third kappa shape index (κ3) is 4.65. The highest BCUT2D eigenvalue weighted by Crippen LogP contribution is 2.32. The molecule has 2 aromatic rings. The van der Waals surface area contributed by atoms with Crippen LogP contribution >= 0.6 is 0 Å². The molecule has 2 rings (SSSR count). The molecule has 1 unspecified atom stereocenters. The van der Waals surface area contributed by atoms with Gasteiger partial charge in [-0.3, -0.25) is 4.21 Å². The topological polar surface area (TPSA) is 30.2 Å². The van der Waals surface area contributed by atoms with Gasteiger partial charge in [-0.15, -0.1) is 0 Å². The fourth-order valence-electron chi connectivity index (χ4n) is 2.19. The second-order valence-corrected chi connectivity index (χ2v) is 6.00. The molecule has 1 aromatic carbocycles. The molecule has 128 valence electrons. The molecule has 0 spiro atoms. The molecule has 0 fully saturated rings. The van der Waals surface area contributed by atoms with Crippen molar-refractivity contribution in [1.29, 1.82) is 0 Å². The Morgan fingerprint density at radius 3 is 2.54 bits per heavy atom. The van der Waals surface area contributed by atoms with Gasteiger partial charge in [0.15, 0.2) is 0 Å². The van der Waals surface area contributed by atoms with Crippen LogP contribution in [0.25, 0.3) is 16.7 Å². The molecule has 1 heterocycles. The lowest BCUT2D eigenvalue weighted by molar-refractivity contribution is 0.567. The number of benzene rings is 1. The van der Waals surface area contributed by atoms with Crippen LogP contribution in [0.4, 0.5) is 4.39 Å². The van der Waals surface area contributed by atoms with Crippen LogP contribution < -0.4 is 0 Å². The summed E-state index contributed by atoms with van der Waals surface area (Å²) in [6.45, 7) is 9.62. The van der Waals surface area contributed by atoms with E-state index in [4.69, 9.17) is 4.42 Å². The number of allylic oxidation sites excluding steroid dienone is 5. The smallest absolute Gasteiger partial charge is 0.139 e. The van der Waals surface area contributed by atoms with Crippen LogP contribution in [0.5, 0.6) is 0 Å². The van der Waals surface area contributed by atoms with Gasteiger partial charge in [-0.25, -0.2) is 4.39 Å². The predicted molar refractivity (Wildman–Crippen MR) is 101 cm³/mol. The molecule has 0 amide bonds. The molecule has 0 aliphatic carbocycles. The van der Waals surface area contributed by atoms with E-state index in [-0.39, 0.29) is 4.90 Å². The molecule has 0 bridgehead atoms. The van der Waals surface area contributed by atoms with E-state index in [2.05, 4.69) is 6.58 Å². The maximum atomic E-state index is 14.1. The van der Waals surface area contributed by atoms with E-state index in [9.17, 15) is 8.60 Å². The van der Waals surface area contributed by atoms with Gasteiger partial charge in [0.1, 0.15) is 5.82 Å². The van der Waals surface area contributed by atoms with Gasteiger partial charge in [0.05, 0.1) is 28.2 Å². The van der Waals surface area contributed by atoms with E-state index in [1.807, 2.05) is 39.0 Å². The van der Waals surface area contributed by atoms with E-state index < -0.39 is 16.6 Å². The number of hydrogen-bond donors (Lipinski definition) is 0. The van der Waals surface area contributed by atoms with E-state index in [0.717, 1.165) is 16.7 Å². The summed E-state index contributed by atoms with van der Waals surface area (Å²) < 4.78 is 30.8. The molecule has 1 aromatic heterocycles.